The van der Waals surface area contributed by atoms with Crippen molar-refractivity contribution in [1.82, 2.24) is 10.3 Å². The molecule has 100 valence electrons. The number of nitrogens with zero attached hydrogens (tertiary/aromatic N) is 1. The number of aromatic nitrogens is 1. The fourth-order valence-electron chi connectivity index (χ4n) is 1.24. The molecular formula is C11H19N5O2. The molecule has 1 rings (SSSR count). The Kier molecular flexibility index (Phi) is 5.56. The van der Waals surface area contributed by atoms with Crippen molar-refractivity contribution in [3.05, 3.63) is 12.1 Å². The molecular weight excluding hydrogens is 234 g/mol. The van der Waals surface area contributed by atoms with Crippen LogP contribution in [0.1, 0.15) is 13.3 Å². The zero-order chi connectivity index (χ0) is 13.4. The van der Waals surface area contributed by atoms with Gasteiger partial charge in [-0.2, -0.15) is 4.98 Å². The number of carbonyl (C=O) groups excluding carboxylic acids is 1. The summed E-state index contributed by atoms with van der Waals surface area (Å²) in [7, 11) is 0. The van der Waals surface area contributed by atoms with Crippen LogP contribution in [0.4, 0.5) is 16.3 Å². The maximum absolute atomic E-state index is 10.5. The van der Waals surface area contributed by atoms with Crippen LogP contribution >= 0.6 is 0 Å². The van der Waals surface area contributed by atoms with Crippen molar-refractivity contribution in [2.24, 2.45) is 5.73 Å². The van der Waals surface area contributed by atoms with Gasteiger partial charge in [-0.25, -0.2) is 4.79 Å². The highest BCUT2D eigenvalue weighted by Crippen LogP contribution is 2.20. The van der Waals surface area contributed by atoms with Gasteiger partial charge in [0.25, 0.3) is 0 Å². The summed E-state index contributed by atoms with van der Waals surface area (Å²) < 4.78 is 5.41. The fraction of sp³-hybridized carbons (Fsp3) is 0.455. The minimum atomic E-state index is -0.547. The molecule has 0 saturated carbocycles. The number of rotatable bonds is 7. The lowest BCUT2D eigenvalue weighted by Gasteiger charge is -2.10. The van der Waals surface area contributed by atoms with Gasteiger partial charge in [0, 0.05) is 13.1 Å². The van der Waals surface area contributed by atoms with Crippen LogP contribution in [0.15, 0.2) is 12.1 Å². The molecule has 0 unspecified atom stereocenters. The topological polar surface area (TPSA) is 115 Å². The van der Waals surface area contributed by atoms with E-state index in [1.165, 1.54) is 0 Å². The van der Waals surface area contributed by atoms with E-state index in [4.69, 9.17) is 16.2 Å². The number of pyridine rings is 1. The molecule has 7 heteroatoms. The second-order valence-electron chi connectivity index (χ2n) is 3.66. The summed E-state index contributed by atoms with van der Waals surface area (Å²) in [6.07, 6.45) is 0.890. The molecule has 0 aliphatic heterocycles. The van der Waals surface area contributed by atoms with Crippen LogP contribution in [0.3, 0.4) is 0 Å². The van der Waals surface area contributed by atoms with Gasteiger partial charge in [-0.05, 0) is 18.6 Å². The summed E-state index contributed by atoms with van der Waals surface area (Å²) >= 11 is 0. The smallest absolute Gasteiger partial charge is 0.312 e. The van der Waals surface area contributed by atoms with Crippen LogP contribution in [-0.2, 0) is 0 Å². The van der Waals surface area contributed by atoms with Crippen molar-refractivity contribution < 1.29 is 9.53 Å². The molecule has 2 amide bonds. The molecule has 0 atom stereocenters. The summed E-state index contributed by atoms with van der Waals surface area (Å²) in [6, 6.07) is 2.93. The molecule has 0 radical (unpaired) electrons. The molecule has 0 aliphatic carbocycles. The Labute approximate surface area is 106 Å². The number of anilines is 2. The number of primary amides is 1. The maximum Gasteiger partial charge on any atom is 0.312 e. The molecule has 7 nitrogen and oxygen atoms in total. The van der Waals surface area contributed by atoms with Crippen molar-refractivity contribution in [2.45, 2.75) is 13.3 Å². The van der Waals surface area contributed by atoms with E-state index in [1.54, 1.807) is 12.1 Å². The van der Waals surface area contributed by atoms with E-state index in [1.807, 2.05) is 6.92 Å². The van der Waals surface area contributed by atoms with Gasteiger partial charge in [-0.15, -0.1) is 0 Å². The van der Waals surface area contributed by atoms with Gasteiger partial charge in [0.15, 0.2) is 0 Å². The Balaban J connectivity index is 2.48. The van der Waals surface area contributed by atoms with Crippen LogP contribution in [0, 0.1) is 0 Å². The number of nitrogens with one attached hydrogen (secondary N) is 2. The van der Waals surface area contributed by atoms with E-state index < -0.39 is 6.03 Å². The van der Waals surface area contributed by atoms with Crippen LogP contribution in [0.2, 0.25) is 0 Å². The van der Waals surface area contributed by atoms with E-state index in [-0.39, 0.29) is 0 Å². The van der Waals surface area contributed by atoms with Crippen molar-refractivity contribution in [3.8, 4) is 5.88 Å². The highest BCUT2D eigenvalue weighted by Gasteiger charge is 2.03. The first-order chi connectivity index (χ1) is 8.63. The average Bonchev–Trinajstić information content (AvgIpc) is 2.34. The van der Waals surface area contributed by atoms with Crippen molar-refractivity contribution in [2.75, 3.05) is 30.7 Å². The quantitative estimate of drug-likeness (QED) is 0.529. The maximum atomic E-state index is 10.5. The molecule has 0 bridgehead atoms. The molecule has 1 aromatic heterocycles. The lowest BCUT2D eigenvalue weighted by Crippen LogP contribution is -2.33. The Bertz CT molecular complexity index is 397. The summed E-state index contributed by atoms with van der Waals surface area (Å²) in [6.45, 7) is 3.53. The van der Waals surface area contributed by atoms with Crippen LogP contribution in [0.5, 0.6) is 5.88 Å². The third-order valence-corrected chi connectivity index (χ3v) is 2.06. The Morgan fingerprint density at radius 3 is 2.89 bits per heavy atom. The van der Waals surface area contributed by atoms with Crippen molar-refractivity contribution >= 4 is 17.5 Å². The van der Waals surface area contributed by atoms with E-state index >= 15 is 0 Å². The van der Waals surface area contributed by atoms with Gasteiger partial charge < -0.3 is 26.8 Å². The molecule has 0 fully saturated rings. The number of amides is 2. The monoisotopic (exact) mass is 253 g/mol. The Hall–Kier alpha value is -2.18. The van der Waals surface area contributed by atoms with Crippen LogP contribution < -0.4 is 26.8 Å². The molecule has 1 heterocycles. The summed E-state index contributed by atoms with van der Waals surface area (Å²) in [5.74, 6) is 1.06. The zero-order valence-corrected chi connectivity index (χ0v) is 10.4. The van der Waals surface area contributed by atoms with Gasteiger partial charge in [-0.1, -0.05) is 6.92 Å². The van der Waals surface area contributed by atoms with Gasteiger partial charge >= 0.3 is 6.03 Å². The highest BCUT2D eigenvalue weighted by atomic mass is 16.5. The van der Waals surface area contributed by atoms with Gasteiger partial charge in [0.2, 0.25) is 5.88 Å². The lowest BCUT2D eigenvalue weighted by molar-refractivity contribution is 0.249. The SMILES string of the molecule is CCCOc1nc(NCCNC(N)=O)ccc1N. The number of urea groups is 1. The van der Waals surface area contributed by atoms with Gasteiger partial charge in [0.05, 0.1) is 12.3 Å². The lowest BCUT2D eigenvalue weighted by atomic mass is 10.4. The Morgan fingerprint density at radius 1 is 1.44 bits per heavy atom. The second kappa shape index (κ2) is 7.21. The number of ether oxygens (including phenoxy) is 1. The van der Waals surface area contributed by atoms with E-state index in [9.17, 15) is 4.79 Å². The number of hydrogen-bond acceptors (Lipinski definition) is 5. The average molecular weight is 253 g/mol. The van der Waals surface area contributed by atoms with Crippen molar-refractivity contribution in [1.29, 1.82) is 0 Å². The molecule has 0 aliphatic rings. The van der Waals surface area contributed by atoms with Crippen molar-refractivity contribution in [3.63, 3.8) is 0 Å². The number of carbonyl (C=O) groups is 1. The van der Waals surface area contributed by atoms with E-state index in [2.05, 4.69) is 15.6 Å². The fourth-order valence-corrected chi connectivity index (χ4v) is 1.24. The molecule has 1 aromatic rings. The second-order valence-corrected chi connectivity index (χ2v) is 3.66. The first-order valence-electron chi connectivity index (χ1n) is 5.80. The first-order valence-corrected chi connectivity index (χ1v) is 5.80. The minimum Gasteiger partial charge on any atom is -0.476 e. The minimum absolute atomic E-state index is 0.421. The largest absolute Gasteiger partial charge is 0.476 e. The highest BCUT2D eigenvalue weighted by molar-refractivity contribution is 5.71. The summed E-state index contributed by atoms with van der Waals surface area (Å²) in [5, 5.41) is 5.50. The number of hydrogen-bond donors (Lipinski definition) is 4. The zero-order valence-electron chi connectivity index (χ0n) is 10.4. The molecule has 0 spiro atoms. The summed E-state index contributed by atoms with van der Waals surface area (Å²) in [5.41, 5.74) is 11.2. The summed E-state index contributed by atoms with van der Waals surface area (Å²) in [4.78, 5) is 14.7. The predicted molar refractivity (Wildman–Crippen MR) is 70.5 cm³/mol. The third kappa shape index (κ3) is 4.77. The molecule has 6 N–H and O–H groups in total. The normalized spacial score (nSPS) is 9.83. The number of nitrogens with two attached hydrogens (primary N) is 2. The molecule has 18 heavy (non-hydrogen) atoms. The van der Waals surface area contributed by atoms with Crippen LogP contribution in [0.25, 0.3) is 0 Å². The molecule has 0 aromatic carbocycles. The van der Waals surface area contributed by atoms with E-state index in [0.717, 1.165) is 6.42 Å². The number of nitrogen functional groups attached to an aromatic ring is 1. The van der Waals surface area contributed by atoms with Gasteiger partial charge in [-0.3, -0.25) is 0 Å². The van der Waals surface area contributed by atoms with Gasteiger partial charge in [0.1, 0.15) is 5.82 Å². The van der Waals surface area contributed by atoms with Crippen LogP contribution in [-0.4, -0.2) is 30.7 Å². The Morgan fingerprint density at radius 2 is 2.22 bits per heavy atom. The third-order valence-electron chi connectivity index (χ3n) is 2.06. The predicted octanol–water partition coefficient (Wildman–Crippen LogP) is 0.533. The molecule has 0 saturated heterocycles. The first kappa shape index (κ1) is 13.9. The van der Waals surface area contributed by atoms with E-state index in [0.29, 0.717) is 37.1 Å². The standard InChI is InChI=1S/C11H19N5O2/c1-2-7-18-10-8(12)3-4-9(16-10)14-5-6-15-11(13)17/h3-4H,2,5-7,12H2,1H3,(H,14,16)(H3,13,15,17).